The molecule has 1 unspecified atom stereocenters. The highest BCUT2D eigenvalue weighted by Crippen LogP contribution is 2.24. The van der Waals surface area contributed by atoms with Crippen molar-refractivity contribution in [3.8, 4) is 5.75 Å². The van der Waals surface area contributed by atoms with E-state index >= 15 is 0 Å². The van der Waals surface area contributed by atoms with Crippen LogP contribution in [0.3, 0.4) is 0 Å². The van der Waals surface area contributed by atoms with E-state index in [1.165, 1.54) is 0 Å². The first-order chi connectivity index (χ1) is 8.31. The van der Waals surface area contributed by atoms with Crippen molar-refractivity contribution in [3.05, 3.63) is 42.5 Å². The van der Waals surface area contributed by atoms with Gasteiger partial charge in [0.2, 0.25) is 0 Å². The lowest BCUT2D eigenvalue weighted by Gasteiger charge is -2.12. The second-order valence-corrected chi connectivity index (χ2v) is 4.09. The van der Waals surface area contributed by atoms with Crippen LogP contribution in [0.1, 0.15) is 0 Å². The Kier molecular flexibility index (Phi) is 3.96. The number of aliphatic hydroxyl groups excluding tert-OH is 1. The Morgan fingerprint density at radius 3 is 2.76 bits per heavy atom. The van der Waals surface area contributed by atoms with Crippen molar-refractivity contribution in [2.24, 2.45) is 0 Å². The summed E-state index contributed by atoms with van der Waals surface area (Å²) in [6.45, 7) is 0.989. The number of likely N-dealkylation sites (N-methyl/N-ethyl adjacent to an activating group) is 1. The molecule has 90 valence electrons. The van der Waals surface area contributed by atoms with Crippen molar-refractivity contribution in [3.63, 3.8) is 0 Å². The van der Waals surface area contributed by atoms with Crippen molar-refractivity contribution in [1.29, 1.82) is 0 Å². The molecule has 3 nitrogen and oxygen atoms in total. The summed E-state index contributed by atoms with van der Waals surface area (Å²) in [6.07, 6.45) is -0.432. The van der Waals surface area contributed by atoms with Gasteiger partial charge in [0.05, 0.1) is 7.05 Å². The van der Waals surface area contributed by atoms with E-state index in [1.807, 2.05) is 42.7 Å². The molecule has 0 aliphatic heterocycles. The molecular formula is C14H18NO2+. The maximum absolute atomic E-state index is 9.63. The van der Waals surface area contributed by atoms with Gasteiger partial charge in [-0.15, -0.1) is 0 Å². The van der Waals surface area contributed by atoms with Crippen LogP contribution >= 0.6 is 0 Å². The minimum absolute atomic E-state index is 0.332. The highest BCUT2D eigenvalue weighted by Gasteiger charge is 2.07. The average molecular weight is 232 g/mol. The van der Waals surface area contributed by atoms with Gasteiger partial charge in [0, 0.05) is 5.39 Å². The standard InChI is InChI=1S/C14H17NO2/c1-15-9-12(16)10-17-14-8-4-6-11-5-2-3-7-13(11)14/h2-8,12,15-16H,9-10H2,1H3/p+1. The summed E-state index contributed by atoms with van der Waals surface area (Å²) in [5, 5.41) is 13.8. The van der Waals surface area contributed by atoms with Crippen molar-refractivity contribution in [2.45, 2.75) is 6.10 Å². The molecule has 17 heavy (non-hydrogen) atoms. The lowest BCUT2D eigenvalue weighted by Crippen LogP contribution is -2.82. The molecule has 0 aliphatic rings. The van der Waals surface area contributed by atoms with Gasteiger partial charge in [-0.3, -0.25) is 0 Å². The number of fused-ring (bicyclic) bond motifs is 1. The number of hydrogen-bond donors (Lipinski definition) is 2. The van der Waals surface area contributed by atoms with E-state index in [0.717, 1.165) is 16.5 Å². The maximum Gasteiger partial charge on any atom is 0.137 e. The zero-order valence-corrected chi connectivity index (χ0v) is 9.97. The van der Waals surface area contributed by atoms with Gasteiger partial charge < -0.3 is 15.2 Å². The molecule has 2 aromatic rings. The maximum atomic E-state index is 9.63. The Labute approximate surface area is 101 Å². The largest absolute Gasteiger partial charge is 0.490 e. The van der Waals surface area contributed by atoms with Gasteiger partial charge in [-0.05, 0) is 11.5 Å². The van der Waals surface area contributed by atoms with Gasteiger partial charge >= 0.3 is 0 Å². The molecule has 0 bridgehead atoms. The van der Waals surface area contributed by atoms with Crippen LogP contribution in [0.2, 0.25) is 0 Å². The molecule has 2 aromatic carbocycles. The van der Waals surface area contributed by atoms with Gasteiger partial charge in [-0.2, -0.15) is 0 Å². The Hall–Kier alpha value is -1.58. The first-order valence-corrected chi connectivity index (χ1v) is 5.87. The van der Waals surface area contributed by atoms with Gasteiger partial charge in [-0.1, -0.05) is 36.4 Å². The Balaban J connectivity index is 2.13. The summed E-state index contributed by atoms with van der Waals surface area (Å²) in [7, 11) is 1.93. The van der Waals surface area contributed by atoms with E-state index in [-0.39, 0.29) is 0 Å². The minimum Gasteiger partial charge on any atom is -0.490 e. The van der Waals surface area contributed by atoms with E-state index in [9.17, 15) is 5.11 Å². The number of ether oxygens (including phenoxy) is 1. The third kappa shape index (κ3) is 2.96. The molecule has 0 amide bonds. The van der Waals surface area contributed by atoms with Crippen molar-refractivity contribution in [1.82, 2.24) is 0 Å². The molecule has 0 aliphatic carbocycles. The topological polar surface area (TPSA) is 46.1 Å². The normalized spacial score (nSPS) is 12.6. The Bertz CT molecular complexity index is 479. The van der Waals surface area contributed by atoms with E-state index in [0.29, 0.717) is 13.2 Å². The van der Waals surface area contributed by atoms with Crippen LogP contribution in [-0.4, -0.2) is 31.4 Å². The number of quaternary nitrogens is 1. The molecule has 0 spiro atoms. The summed E-state index contributed by atoms with van der Waals surface area (Å²) in [5.41, 5.74) is 0. The summed E-state index contributed by atoms with van der Waals surface area (Å²) >= 11 is 0. The SMILES string of the molecule is C[NH2+]CC(O)COc1cccc2ccccc12. The van der Waals surface area contributed by atoms with Gasteiger partial charge in [0.15, 0.2) is 0 Å². The van der Waals surface area contributed by atoms with Crippen LogP contribution in [0.5, 0.6) is 5.75 Å². The molecule has 0 saturated carbocycles. The molecule has 1 atom stereocenters. The lowest BCUT2D eigenvalue weighted by molar-refractivity contribution is -0.633. The summed E-state index contributed by atoms with van der Waals surface area (Å²) in [5.74, 6) is 0.832. The molecular weight excluding hydrogens is 214 g/mol. The quantitative estimate of drug-likeness (QED) is 0.800. The second-order valence-electron chi connectivity index (χ2n) is 4.09. The van der Waals surface area contributed by atoms with Gasteiger partial charge in [0.25, 0.3) is 0 Å². The second kappa shape index (κ2) is 5.66. The van der Waals surface area contributed by atoms with E-state index in [2.05, 4.69) is 12.1 Å². The monoisotopic (exact) mass is 232 g/mol. The first-order valence-electron chi connectivity index (χ1n) is 5.87. The Morgan fingerprint density at radius 1 is 1.18 bits per heavy atom. The average Bonchev–Trinajstić information content (AvgIpc) is 2.36. The van der Waals surface area contributed by atoms with Crippen LogP contribution in [0.4, 0.5) is 0 Å². The van der Waals surface area contributed by atoms with E-state index in [1.54, 1.807) is 0 Å². The number of hydrogen-bond acceptors (Lipinski definition) is 2. The number of rotatable bonds is 5. The highest BCUT2D eigenvalue weighted by molar-refractivity contribution is 5.88. The van der Waals surface area contributed by atoms with Crippen molar-refractivity contribution in [2.75, 3.05) is 20.2 Å². The third-order valence-electron chi connectivity index (χ3n) is 2.69. The zero-order chi connectivity index (χ0) is 12.1. The van der Waals surface area contributed by atoms with Crippen molar-refractivity contribution < 1.29 is 15.2 Å². The van der Waals surface area contributed by atoms with Crippen LogP contribution in [-0.2, 0) is 0 Å². The predicted octanol–water partition coefficient (Wildman–Crippen LogP) is 0.773. The first kappa shape index (κ1) is 11.9. The third-order valence-corrected chi connectivity index (χ3v) is 2.69. The number of benzene rings is 2. The fourth-order valence-electron chi connectivity index (χ4n) is 1.85. The smallest absolute Gasteiger partial charge is 0.137 e. The molecule has 0 radical (unpaired) electrons. The molecule has 0 fully saturated rings. The van der Waals surface area contributed by atoms with Crippen LogP contribution in [0.25, 0.3) is 10.8 Å². The zero-order valence-electron chi connectivity index (χ0n) is 9.97. The molecule has 0 heterocycles. The fourth-order valence-corrected chi connectivity index (χ4v) is 1.85. The summed E-state index contributed by atoms with van der Waals surface area (Å²) in [6, 6.07) is 14.0. The fraction of sp³-hybridized carbons (Fsp3) is 0.286. The molecule has 2 rings (SSSR count). The van der Waals surface area contributed by atoms with Crippen LogP contribution in [0.15, 0.2) is 42.5 Å². The highest BCUT2D eigenvalue weighted by atomic mass is 16.5. The summed E-state index contributed by atoms with van der Waals surface area (Å²) in [4.78, 5) is 0. The van der Waals surface area contributed by atoms with E-state index < -0.39 is 6.10 Å². The molecule has 0 saturated heterocycles. The molecule has 3 N–H and O–H groups in total. The van der Waals surface area contributed by atoms with Crippen LogP contribution < -0.4 is 10.1 Å². The Morgan fingerprint density at radius 2 is 1.94 bits per heavy atom. The van der Waals surface area contributed by atoms with E-state index in [4.69, 9.17) is 4.74 Å². The van der Waals surface area contributed by atoms with Gasteiger partial charge in [0.1, 0.15) is 25.0 Å². The van der Waals surface area contributed by atoms with Gasteiger partial charge in [-0.25, -0.2) is 0 Å². The van der Waals surface area contributed by atoms with Crippen LogP contribution in [0, 0.1) is 0 Å². The molecule has 0 aromatic heterocycles. The lowest BCUT2D eigenvalue weighted by atomic mass is 10.1. The van der Waals surface area contributed by atoms with Crippen molar-refractivity contribution >= 4 is 10.8 Å². The summed E-state index contributed by atoms with van der Waals surface area (Å²) < 4.78 is 5.66. The number of nitrogens with two attached hydrogens (primary N) is 1. The number of aliphatic hydroxyl groups is 1. The minimum atomic E-state index is -0.432. The molecule has 3 heteroatoms. The predicted molar refractivity (Wildman–Crippen MR) is 68.2 cm³/mol.